The first kappa shape index (κ1) is 22.3. The van der Waals surface area contributed by atoms with Crippen molar-refractivity contribution in [2.45, 2.75) is 26.4 Å². The van der Waals surface area contributed by atoms with Gasteiger partial charge in [-0.1, -0.05) is 25.3 Å². The van der Waals surface area contributed by atoms with Gasteiger partial charge in [-0.2, -0.15) is 0 Å². The minimum atomic E-state index is -0.460. The van der Waals surface area contributed by atoms with E-state index in [2.05, 4.69) is 23.0 Å². The zero-order chi connectivity index (χ0) is 19.7. The molecule has 0 aromatic rings. The molecule has 0 radical (unpaired) electrons. The van der Waals surface area contributed by atoms with Crippen molar-refractivity contribution in [2.24, 2.45) is 0 Å². The maximum Gasteiger partial charge on any atom is 0.410 e. The second-order valence-electron chi connectivity index (χ2n) is 7.53. The average Bonchev–Trinajstić information content (AvgIpc) is 2.57. The first-order chi connectivity index (χ1) is 12.2. The van der Waals surface area contributed by atoms with Crippen LogP contribution >= 0.6 is 0 Å². The SMILES string of the molecule is C=CC=C(CN1CCN(C(=O)OC(C)(C)C)CC1)C(=C)N(C)CCOC. The van der Waals surface area contributed by atoms with Gasteiger partial charge in [0.25, 0.3) is 0 Å². The Labute approximate surface area is 158 Å². The number of methoxy groups -OCH3 is 1. The van der Waals surface area contributed by atoms with Gasteiger partial charge in [0.05, 0.1) is 6.61 Å². The zero-order valence-electron chi connectivity index (χ0n) is 17.1. The van der Waals surface area contributed by atoms with Crippen LogP contribution in [0.5, 0.6) is 0 Å². The first-order valence-electron chi connectivity index (χ1n) is 9.09. The summed E-state index contributed by atoms with van der Waals surface area (Å²) < 4.78 is 10.6. The van der Waals surface area contributed by atoms with Gasteiger partial charge in [-0.25, -0.2) is 4.79 Å². The van der Waals surface area contributed by atoms with E-state index in [4.69, 9.17) is 9.47 Å². The predicted octanol–water partition coefficient (Wildman–Crippen LogP) is 2.74. The summed E-state index contributed by atoms with van der Waals surface area (Å²) in [6.07, 6.45) is 3.57. The van der Waals surface area contributed by atoms with Gasteiger partial charge in [-0.05, 0) is 26.3 Å². The molecule has 1 saturated heterocycles. The zero-order valence-corrected chi connectivity index (χ0v) is 17.1. The fourth-order valence-electron chi connectivity index (χ4n) is 2.65. The molecule has 6 heteroatoms. The number of hydrogen-bond donors (Lipinski definition) is 0. The summed E-state index contributed by atoms with van der Waals surface area (Å²) in [5.41, 5.74) is 1.64. The van der Waals surface area contributed by atoms with Crippen molar-refractivity contribution in [3.05, 3.63) is 36.6 Å². The summed E-state index contributed by atoms with van der Waals surface area (Å²) >= 11 is 0. The van der Waals surface area contributed by atoms with E-state index in [0.29, 0.717) is 19.7 Å². The normalized spacial score (nSPS) is 16.3. The highest BCUT2D eigenvalue weighted by molar-refractivity contribution is 5.68. The highest BCUT2D eigenvalue weighted by Crippen LogP contribution is 2.16. The van der Waals surface area contributed by atoms with Crippen molar-refractivity contribution in [2.75, 3.05) is 60.0 Å². The molecule has 0 atom stereocenters. The minimum Gasteiger partial charge on any atom is -0.444 e. The third-order valence-electron chi connectivity index (χ3n) is 4.20. The van der Waals surface area contributed by atoms with Gasteiger partial charge in [0.2, 0.25) is 0 Å². The molecule has 26 heavy (non-hydrogen) atoms. The van der Waals surface area contributed by atoms with Crippen LogP contribution in [0.1, 0.15) is 20.8 Å². The molecule has 0 saturated carbocycles. The molecule has 1 rings (SSSR count). The molecule has 1 aliphatic heterocycles. The Bertz CT molecular complexity index is 515. The Hall–Kier alpha value is -1.79. The van der Waals surface area contributed by atoms with E-state index in [-0.39, 0.29) is 6.09 Å². The number of carbonyl (C=O) groups excluding carboxylic acids is 1. The summed E-state index contributed by atoms with van der Waals surface area (Å²) in [6.45, 7) is 18.9. The molecule has 1 aliphatic rings. The van der Waals surface area contributed by atoms with E-state index in [1.807, 2.05) is 33.9 Å². The number of ether oxygens (including phenoxy) is 2. The molecule has 6 nitrogen and oxygen atoms in total. The molecule has 0 unspecified atom stereocenters. The number of nitrogens with zero attached hydrogens (tertiary/aromatic N) is 3. The smallest absolute Gasteiger partial charge is 0.410 e. The van der Waals surface area contributed by atoms with Crippen LogP contribution in [0.25, 0.3) is 0 Å². The number of carbonyl (C=O) groups is 1. The highest BCUT2D eigenvalue weighted by Gasteiger charge is 2.26. The maximum absolute atomic E-state index is 12.2. The molecule has 1 fully saturated rings. The monoisotopic (exact) mass is 365 g/mol. The van der Waals surface area contributed by atoms with Crippen LogP contribution < -0.4 is 0 Å². The summed E-state index contributed by atoms with van der Waals surface area (Å²) in [7, 11) is 3.71. The van der Waals surface area contributed by atoms with Crippen LogP contribution in [-0.2, 0) is 9.47 Å². The quantitative estimate of drug-likeness (QED) is 0.619. The highest BCUT2D eigenvalue weighted by atomic mass is 16.6. The molecule has 0 bridgehead atoms. The van der Waals surface area contributed by atoms with Crippen LogP contribution in [0, 0.1) is 0 Å². The van der Waals surface area contributed by atoms with Crippen LogP contribution in [0.2, 0.25) is 0 Å². The van der Waals surface area contributed by atoms with Crippen LogP contribution in [0.15, 0.2) is 36.6 Å². The van der Waals surface area contributed by atoms with Gasteiger partial charge >= 0.3 is 6.09 Å². The molecule has 0 N–H and O–H groups in total. The topological polar surface area (TPSA) is 45.2 Å². The van der Waals surface area contributed by atoms with Crippen molar-refractivity contribution in [3.8, 4) is 0 Å². The number of likely N-dealkylation sites (N-methyl/N-ethyl adjacent to an activating group) is 1. The molecule has 0 spiro atoms. The Morgan fingerprint density at radius 3 is 2.35 bits per heavy atom. The number of amides is 1. The van der Waals surface area contributed by atoms with E-state index in [1.54, 1.807) is 18.1 Å². The van der Waals surface area contributed by atoms with Crippen molar-refractivity contribution in [1.29, 1.82) is 0 Å². The van der Waals surface area contributed by atoms with Crippen molar-refractivity contribution in [3.63, 3.8) is 0 Å². The molecule has 1 heterocycles. The average molecular weight is 366 g/mol. The molecule has 148 valence electrons. The molecular weight excluding hydrogens is 330 g/mol. The lowest BCUT2D eigenvalue weighted by atomic mass is 10.1. The van der Waals surface area contributed by atoms with Crippen molar-refractivity contribution in [1.82, 2.24) is 14.7 Å². The van der Waals surface area contributed by atoms with Crippen molar-refractivity contribution >= 4 is 6.09 Å². The minimum absolute atomic E-state index is 0.234. The molecule has 1 amide bonds. The Balaban J connectivity index is 2.57. The van der Waals surface area contributed by atoms with Gasteiger partial charge in [0, 0.05) is 59.1 Å². The second-order valence-corrected chi connectivity index (χ2v) is 7.53. The maximum atomic E-state index is 12.2. The van der Waals surface area contributed by atoms with Gasteiger partial charge in [-0.15, -0.1) is 0 Å². The third kappa shape index (κ3) is 7.62. The summed E-state index contributed by atoms with van der Waals surface area (Å²) in [5, 5.41) is 0. The molecular formula is C20H35N3O3. The van der Waals surface area contributed by atoms with Crippen LogP contribution in [-0.4, -0.2) is 86.4 Å². The largest absolute Gasteiger partial charge is 0.444 e. The molecule has 0 aromatic carbocycles. The summed E-state index contributed by atoms with van der Waals surface area (Å²) in [4.78, 5) is 18.4. The van der Waals surface area contributed by atoms with Crippen molar-refractivity contribution < 1.29 is 14.3 Å². The Kier molecular flexibility index (Phi) is 8.88. The van der Waals surface area contributed by atoms with Gasteiger partial charge in [0.1, 0.15) is 5.60 Å². The standard InChI is InChI=1S/C20H35N3O3/c1-8-9-18(17(2)21(6)14-15-25-7)16-22-10-12-23(13-11-22)19(24)26-20(3,4)5/h8-9H,1-2,10-16H2,3-7H3. The van der Waals surface area contributed by atoms with Gasteiger partial charge in [-0.3, -0.25) is 4.90 Å². The van der Waals surface area contributed by atoms with E-state index in [0.717, 1.165) is 37.4 Å². The van der Waals surface area contributed by atoms with E-state index in [1.165, 1.54) is 0 Å². The Morgan fingerprint density at radius 2 is 1.85 bits per heavy atom. The third-order valence-corrected chi connectivity index (χ3v) is 4.20. The molecule has 0 aliphatic carbocycles. The van der Waals surface area contributed by atoms with Gasteiger partial charge in [0.15, 0.2) is 0 Å². The van der Waals surface area contributed by atoms with E-state index in [9.17, 15) is 4.79 Å². The summed E-state index contributed by atoms with van der Waals surface area (Å²) in [6, 6.07) is 0. The Morgan fingerprint density at radius 1 is 1.23 bits per heavy atom. The lowest BCUT2D eigenvalue weighted by molar-refractivity contribution is 0.0152. The second kappa shape index (κ2) is 10.4. The fourth-order valence-corrected chi connectivity index (χ4v) is 2.65. The van der Waals surface area contributed by atoms with Crippen LogP contribution in [0.4, 0.5) is 4.79 Å². The number of piperazine rings is 1. The number of allylic oxidation sites excluding steroid dienone is 2. The van der Waals surface area contributed by atoms with Crippen LogP contribution in [0.3, 0.4) is 0 Å². The fraction of sp³-hybridized carbons (Fsp3) is 0.650. The summed E-state index contributed by atoms with van der Waals surface area (Å²) in [5.74, 6) is 0. The lowest BCUT2D eigenvalue weighted by Gasteiger charge is -2.36. The van der Waals surface area contributed by atoms with E-state index < -0.39 is 5.60 Å². The molecule has 0 aromatic heterocycles. The number of hydrogen-bond acceptors (Lipinski definition) is 5. The predicted molar refractivity (Wildman–Crippen MR) is 106 cm³/mol. The first-order valence-corrected chi connectivity index (χ1v) is 9.09. The van der Waals surface area contributed by atoms with Gasteiger partial charge < -0.3 is 19.3 Å². The van der Waals surface area contributed by atoms with E-state index >= 15 is 0 Å². The number of rotatable bonds is 8. The lowest BCUT2D eigenvalue weighted by Crippen LogP contribution is -2.50.